The molecule has 0 aliphatic carbocycles. The number of nitro benzene ring substituents is 1. The highest BCUT2D eigenvalue weighted by Gasteiger charge is 2.25. The molecular formula is C28H41N5O5. The lowest BCUT2D eigenvalue weighted by Gasteiger charge is -2.37. The molecule has 0 atom stereocenters. The van der Waals surface area contributed by atoms with Crippen LogP contribution in [0.5, 0.6) is 11.5 Å². The Balaban J connectivity index is 0.00000400. The Morgan fingerprint density at radius 2 is 1.74 bits per heavy atom. The summed E-state index contributed by atoms with van der Waals surface area (Å²) in [5, 5.41) is 14.7. The van der Waals surface area contributed by atoms with Crippen LogP contribution in [0.2, 0.25) is 0 Å². The van der Waals surface area contributed by atoms with Crippen LogP contribution in [-0.4, -0.2) is 86.2 Å². The number of anilines is 2. The molecule has 208 valence electrons. The maximum Gasteiger partial charge on any atom is 0.311 e. The zero-order valence-electron chi connectivity index (χ0n) is 21.7. The standard InChI is InChI=1S/C27H37N5O5.CH4/c1-3-37-26-20-22(4-9-25(26)32(34)35)28-21-10-14-31(15-11-21)27(33)12-13-29-16-18-30(19-17-29)23-5-7-24(36-2)8-6-23;/h4-9,20-21,28H,3,10-19H2,1-2H3;1H4. The first-order chi connectivity index (χ1) is 18.0. The fraction of sp³-hybridized carbons (Fsp3) is 0.536. The number of methoxy groups -OCH3 is 1. The number of likely N-dealkylation sites (tertiary alicyclic amines) is 1. The molecule has 4 rings (SSSR count). The van der Waals surface area contributed by atoms with Crippen molar-refractivity contribution >= 4 is 23.0 Å². The van der Waals surface area contributed by atoms with E-state index in [1.807, 2.05) is 17.0 Å². The van der Waals surface area contributed by atoms with Gasteiger partial charge < -0.3 is 24.6 Å². The quantitative estimate of drug-likeness (QED) is 0.362. The van der Waals surface area contributed by atoms with Gasteiger partial charge in [-0.1, -0.05) is 7.43 Å². The molecule has 0 saturated carbocycles. The summed E-state index contributed by atoms with van der Waals surface area (Å²) in [7, 11) is 1.68. The molecule has 2 aliphatic rings. The summed E-state index contributed by atoms with van der Waals surface area (Å²) in [6.07, 6.45) is 2.22. The number of hydrogen-bond acceptors (Lipinski definition) is 8. The van der Waals surface area contributed by atoms with E-state index in [0.29, 0.717) is 26.1 Å². The molecule has 2 aromatic rings. The van der Waals surface area contributed by atoms with Gasteiger partial charge in [-0.25, -0.2) is 0 Å². The van der Waals surface area contributed by atoms with Crippen LogP contribution in [0.25, 0.3) is 0 Å². The molecule has 2 aliphatic heterocycles. The zero-order chi connectivity index (χ0) is 26.2. The van der Waals surface area contributed by atoms with Gasteiger partial charge in [-0.05, 0) is 50.1 Å². The average molecular weight is 528 g/mol. The SMILES string of the molecule is C.CCOc1cc(NC2CCN(C(=O)CCN3CCN(c4ccc(OC)cc4)CC3)CC2)ccc1[N+](=O)[O-]. The van der Waals surface area contributed by atoms with Crippen molar-refractivity contribution in [3.05, 3.63) is 52.6 Å². The number of nitro groups is 1. The first kappa shape index (κ1) is 29.0. The Morgan fingerprint density at radius 3 is 2.34 bits per heavy atom. The van der Waals surface area contributed by atoms with Crippen molar-refractivity contribution < 1.29 is 19.2 Å². The maximum absolute atomic E-state index is 12.8. The van der Waals surface area contributed by atoms with E-state index < -0.39 is 4.92 Å². The van der Waals surface area contributed by atoms with E-state index >= 15 is 0 Å². The van der Waals surface area contributed by atoms with E-state index in [1.54, 1.807) is 26.2 Å². The van der Waals surface area contributed by atoms with E-state index in [2.05, 4.69) is 27.2 Å². The van der Waals surface area contributed by atoms with Gasteiger partial charge in [0, 0.05) is 81.8 Å². The summed E-state index contributed by atoms with van der Waals surface area (Å²) in [5.74, 6) is 1.35. The minimum atomic E-state index is -0.431. The zero-order valence-corrected chi connectivity index (χ0v) is 21.7. The normalized spacial score (nSPS) is 16.5. The number of carbonyl (C=O) groups is 1. The van der Waals surface area contributed by atoms with Crippen molar-refractivity contribution in [2.45, 2.75) is 39.7 Å². The Kier molecular flexibility index (Phi) is 10.6. The molecule has 0 spiro atoms. The average Bonchev–Trinajstić information content (AvgIpc) is 2.93. The van der Waals surface area contributed by atoms with Crippen molar-refractivity contribution in [2.24, 2.45) is 0 Å². The topological polar surface area (TPSA) is 100 Å². The van der Waals surface area contributed by atoms with Crippen molar-refractivity contribution in [2.75, 3.05) is 69.7 Å². The number of hydrogen-bond donors (Lipinski definition) is 1. The van der Waals surface area contributed by atoms with Gasteiger partial charge in [-0.3, -0.25) is 19.8 Å². The molecule has 0 radical (unpaired) electrons. The Morgan fingerprint density at radius 1 is 1.05 bits per heavy atom. The second kappa shape index (κ2) is 13.9. The molecule has 2 fully saturated rings. The van der Waals surface area contributed by atoms with Crippen LogP contribution in [-0.2, 0) is 4.79 Å². The Labute approximate surface area is 225 Å². The van der Waals surface area contributed by atoms with E-state index in [1.165, 1.54) is 11.8 Å². The number of amides is 1. The predicted molar refractivity (Wildman–Crippen MR) is 150 cm³/mol. The predicted octanol–water partition coefficient (Wildman–Crippen LogP) is 4.25. The maximum atomic E-state index is 12.8. The minimum Gasteiger partial charge on any atom is -0.497 e. The number of benzene rings is 2. The summed E-state index contributed by atoms with van der Waals surface area (Å²) in [6, 6.07) is 13.3. The van der Waals surface area contributed by atoms with E-state index in [9.17, 15) is 14.9 Å². The fourth-order valence-electron chi connectivity index (χ4n) is 4.97. The molecule has 2 aromatic carbocycles. The molecule has 1 N–H and O–H groups in total. The minimum absolute atomic E-state index is 0. The third-order valence-electron chi connectivity index (χ3n) is 7.13. The van der Waals surface area contributed by atoms with Crippen molar-refractivity contribution in [3.63, 3.8) is 0 Å². The largest absolute Gasteiger partial charge is 0.497 e. The van der Waals surface area contributed by atoms with E-state index in [4.69, 9.17) is 9.47 Å². The summed E-state index contributed by atoms with van der Waals surface area (Å²) >= 11 is 0. The van der Waals surface area contributed by atoms with Crippen LogP contribution in [0.3, 0.4) is 0 Å². The molecule has 0 unspecified atom stereocenters. The molecule has 10 nitrogen and oxygen atoms in total. The lowest BCUT2D eigenvalue weighted by atomic mass is 10.0. The number of carbonyl (C=O) groups excluding carboxylic acids is 1. The van der Waals surface area contributed by atoms with Gasteiger partial charge in [0.05, 0.1) is 18.6 Å². The highest BCUT2D eigenvalue weighted by molar-refractivity contribution is 5.76. The molecule has 10 heteroatoms. The lowest BCUT2D eigenvalue weighted by molar-refractivity contribution is -0.385. The number of rotatable bonds is 10. The number of nitrogens with one attached hydrogen (secondary N) is 1. The smallest absolute Gasteiger partial charge is 0.311 e. The van der Waals surface area contributed by atoms with Crippen molar-refractivity contribution in [3.8, 4) is 11.5 Å². The first-order valence-corrected chi connectivity index (χ1v) is 13.0. The number of piperazine rings is 1. The van der Waals surface area contributed by atoms with Gasteiger partial charge in [-0.2, -0.15) is 0 Å². The second-order valence-electron chi connectivity index (χ2n) is 9.45. The Hall–Kier alpha value is -3.53. The van der Waals surface area contributed by atoms with Crippen LogP contribution >= 0.6 is 0 Å². The summed E-state index contributed by atoms with van der Waals surface area (Å²) in [4.78, 5) is 30.3. The molecule has 2 heterocycles. The van der Waals surface area contributed by atoms with Crippen LogP contribution < -0.4 is 19.7 Å². The third-order valence-corrected chi connectivity index (χ3v) is 7.13. The molecule has 0 aromatic heterocycles. The monoisotopic (exact) mass is 527 g/mol. The molecule has 1 amide bonds. The fourth-order valence-corrected chi connectivity index (χ4v) is 4.97. The number of ether oxygens (including phenoxy) is 2. The molecule has 0 bridgehead atoms. The van der Waals surface area contributed by atoms with Crippen LogP contribution in [0.15, 0.2) is 42.5 Å². The Bertz CT molecular complexity index is 1050. The number of piperidine rings is 1. The van der Waals surface area contributed by atoms with Gasteiger partial charge in [-0.15, -0.1) is 0 Å². The molecular weight excluding hydrogens is 486 g/mol. The molecule has 38 heavy (non-hydrogen) atoms. The van der Waals surface area contributed by atoms with Crippen LogP contribution in [0.1, 0.15) is 33.6 Å². The van der Waals surface area contributed by atoms with Crippen LogP contribution in [0.4, 0.5) is 17.1 Å². The van der Waals surface area contributed by atoms with Crippen LogP contribution in [0, 0.1) is 10.1 Å². The molecule has 2 saturated heterocycles. The number of nitrogens with zero attached hydrogens (tertiary/aromatic N) is 4. The van der Waals surface area contributed by atoms with Gasteiger partial charge in [0.2, 0.25) is 5.91 Å². The van der Waals surface area contributed by atoms with Gasteiger partial charge in [0.1, 0.15) is 5.75 Å². The summed E-state index contributed by atoms with van der Waals surface area (Å²) in [6.45, 7) is 8.18. The third kappa shape index (κ3) is 7.50. The van der Waals surface area contributed by atoms with Crippen molar-refractivity contribution in [1.29, 1.82) is 0 Å². The van der Waals surface area contributed by atoms with E-state index in [-0.39, 0.29) is 30.8 Å². The summed E-state index contributed by atoms with van der Waals surface area (Å²) < 4.78 is 10.7. The highest BCUT2D eigenvalue weighted by atomic mass is 16.6. The van der Waals surface area contributed by atoms with Crippen molar-refractivity contribution in [1.82, 2.24) is 9.80 Å². The second-order valence-corrected chi connectivity index (χ2v) is 9.45. The van der Waals surface area contributed by atoms with Gasteiger partial charge in [0.15, 0.2) is 5.75 Å². The van der Waals surface area contributed by atoms with E-state index in [0.717, 1.165) is 57.0 Å². The lowest BCUT2D eigenvalue weighted by Crippen LogP contribution is -2.48. The first-order valence-electron chi connectivity index (χ1n) is 13.0. The van der Waals surface area contributed by atoms with Gasteiger partial charge >= 0.3 is 5.69 Å². The summed E-state index contributed by atoms with van der Waals surface area (Å²) in [5.41, 5.74) is 1.97. The highest BCUT2D eigenvalue weighted by Crippen LogP contribution is 2.31. The van der Waals surface area contributed by atoms with Gasteiger partial charge in [0.25, 0.3) is 0 Å².